The number of aromatic nitrogens is 3. The number of nitro groups is 1. The van der Waals surface area contributed by atoms with Gasteiger partial charge in [0.25, 0.3) is 0 Å². The number of aromatic carboxylic acids is 1. The van der Waals surface area contributed by atoms with Crippen LogP contribution in [-0.2, 0) is 0 Å². The van der Waals surface area contributed by atoms with Crippen LogP contribution in [0.4, 0.5) is 5.82 Å². The van der Waals surface area contributed by atoms with Gasteiger partial charge in [-0.05, 0) is 9.91 Å². The standard InChI is InChI=1S/C13H8N4O4/c18-13(19)10-5-14-12(9-4-2-1-3-8(9)10)16-6-11(15-7-16)17(20)21/h1-7H,(H,18,19). The molecule has 21 heavy (non-hydrogen) atoms. The number of carboxylic acid groups (broad SMARTS) is 1. The lowest BCUT2D eigenvalue weighted by Crippen LogP contribution is -2.03. The molecule has 0 amide bonds. The number of imidazole rings is 1. The third-order valence-electron chi connectivity index (χ3n) is 3.01. The van der Waals surface area contributed by atoms with Gasteiger partial charge in [0, 0.05) is 17.0 Å². The summed E-state index contributed by atoms with van der Waals surface area (Å²) in [6.45, 7) is 0. The van der Waals surface area contributed by atoms with Crippen molar-refractivity contribution in [1.82, 2.24) is 14.5 Å². The smallest absolute Gasteiger partial charge is 0.381 e. The van der Waals surface area contributed by atoms with Gasteiger partial charge >= 0.3 is 11.8 Å². The van der Waals surface area contributed by atoms with Crippen molar-refractivity contribution < 1.29 is 14.8 Å². The summed E-state index contributed by atoms with van der Waals surface area (Å²) < 4.78 is 1.39. The van der Waals surface area contributed by atoms with Gasteiger partial charge in [0.15, 0.2) is 0 Å². The van der Waals surface area contributed by atoms with Gasteiger partial charge in [-0.25, -0.2) is 9.78 Å². The fraction of sp³-hybridized carbons (Fsp3) is 0. The van der Waals surface area contributed by atoms with Crippen molar-refractivity contribution in [1.29, 1.82) is 0 Å². The zero-order chi connectivity index (χ0) is 15.0. The minimum Gasteiger partial charge on any atom is -0.478 e. The predicted molar refractivity (Wildman–Crippen MR) is 72.5 cm³/mol. The number of pyridine rings is 1. The molecule has 1 N–H and O–H groups in total. The van der Waals surface area contributed by atoms with E-state index in [1.807, 2.05) is 0 Å². The average molecular weight is 284 g/mol. The van der Waals surface area contributed by atoms with E-state index in [2.05, 4.69) is 9.97 Å². The third-order valence-corrected chi connectivity index (χ3v) is 3.01. The Labute approximate surface area is 117 Å². The van der Waals surface area contributed by atoms with Crippen LogP contribution in [-0.4, -0.2) is 30.5 Å². The van der Waals surface area contributed by atoms with Crippen LogP contribution in [0.25, 0.3) is 16.6 Å². The molecule has 8 nitrogen and oxygen atoms in total. The van der Waals surface area contributed by atoms with Gasteiger partial charge in [-0.1, -0.05) is 24.3 Å². The Morgan fingerprint density at radius 2 is 1.95 bits per heavy atom. The number of hydrogen-bond acceptors (Lipinski definition) is 5. The van der Waals surface area contributed by atoms with E-state index in [0.29, 0.717) is 16.6 Å². The van der Waals surface area contributed by atoms with Gasteiger partial charge in [-0.15, -0.1) is 0 Å². The Kier molecular flexibility index (Phi) is 2.83. The lowest BCUT2D eigenvalue weighted by molar-refractivity contribution is -0.389. The molecule has 0 aliphatic carbocycles. The van der Waals surface area contributed by atoms with E-state index in [4.69, 9.17) is 0 Å². The molecule has 0 saturated heterocycles. The highest BCUT2D eigenvalue weighted by Crippen LogP contribution is 2.24. The minimum absolute atomic E-state index is 0.0731. The third kappa shape index (κ3) is 2.08. The molecule has 2 aromatic heterocycles. The molecule has 0 fully saturated rings. The SMILES string of the molecule is O=C(O)c1cnc(-n2cnc([N+](=O)[O-])c2)c2ccccc12. The Bertz CT molecular complexity index is 871. The first-order valence-electron chi connectivity index (χ1n) is 5.87. The summed E-state index contributed by atoms with van der Waals surface area (Å²) in [7, 11) is 0. The molecule has 0 spiro atoms. The van der Waals surface area contributed by atoms with Crippen molar-refractivity contribution in [2.75, 3.05) is 0 Å². The predicted octanol–water partition coefficient (Wildman–Crippen LogP) is 2.03. The number of carboxylic acids is 1. The Balaban J connectivity index is 2.26. The molecule has 0 aliphatic rings. The maximum absolute atomic E-state index is 11.2. The topological polar surface area (TPSA) is 111 Å². The number of carbonyl (C=O) groups is 1. The summed E-state index contributed by atoms with van der Waals surface area (Å²) in [4.78, 5) is 29.0. The summed E-state index contributed by atoms with van der Waals surface area (Å²) in [5.41, 5.74) is 0.0731. The highest BCUT2D eigenvalue weighted by Gasteiger charge is 2.16. The first-order valence-corrected chi connectivity index (χ1v) is 5.87. The van der Waals surface area contributed by atoms with Crippen LogP contribution in [0.2, 0.25) is 0 Å². The molecule has 104 valence electrons. The van der Waals surface area contributed by atoms with Crippen molar-refractivity contribution in [3.63, 3.8) is 0 Å². The number of fused-ring (bicyclic) bond motifs is 1. The normalized spacial score (nSPS) is 10.7. The lowest BCUT2D eigenvalue weighted by Gasteiger charge is -2.07. The summed E-state index contributed by atoms with van der Waals surface area (Å²) in [6, 6.07) is 6.82. The van der Waals surface area contributed by atoms with Gasteiger partial charge in [0.05, 0.1) is 5.56 Å². The van der Waals surface area contributed by atoms with E-state index in [1.54, 1.807) is 24.3 Å². The summed E-state index contributed by atoms with van der Waals surface area (Å²) in [5, 5.41) is 20.9. The van der Waals surface area contributed by atoms with Crippen LogP contribution in [0.1, 0.15) is 10.4 Å². The fourth-order valence-corrected chi connectivity index (χ4v) is 2.08. The molecule has 0 unspecified atom stereocenters. The summed E-state index contributed by atoms with van der Waals surface area (Å²) in [5.74, 6) is -0.999. The van der Waals surface area contributed by atoms with E-state index >= 15 is 0 Å². The van der Waals surface area contributed by atoms with Gasteiger partial charge in [0.1, 0.15) is 12.0 Å². The fourth-order valence-electron chi connectivity index (χ4n) is 2.08. The van der Waals surface area contributed by atoms with E-state index in [-0.39, 0.29) is 11.4 Å². The largest absolute Gasteiger partial charge is 0.478 e. The number of benzene rings is 1. The molecule has 0 saturated carbocycles. The molecule has 3 rings (SSSR count). The van der Waals surface area contributed by atoms with Crippen LogP contribution in [0.3, 0.4) is 0 Å². The summed E-state index contributed by atoms with van der Waals surface area (Å²) in [6.07, 6.45) is 3.73. The monoisotopic (exact) mass is 284 g/mol. The van der Waals surface area contributed by atoms with Crippen LogP contribution in [0.15, 0.2) is 43.0 Å². The number of hydrogen-bond donors (Lipinski definition) is 1. The first-order chi connectivity index (χ1) is 10.1. The molecule has 0 atom stereocenters. The second kappa shape index (κ2) is 4.67. The quantitative estimate of drug-likeness (QED) is 0.581. The van der Waals surface area contributed by atoms with E-state index in [1.165, 1.54) is 23.3 Å². The Hall–Kier alpha value is -3.29. The van der Waals surface area contributed by atoms with Crippen molar-refractivity contribution >= 4 is 22.6 Å². The van der Waals surface area contributed by atoms with E-state index in [0.717, 1.165) is 0 Å². The lowest BCUT2D eigenvalue weighted by atomic mass is 10.1. The number of nitrogens with zero attached hydrogens (tertiary/aromatic N) is 4. The molecule has 0 aliphatic heterocycles. The van der Waals surface area contributed by atoms with Crippen LogP contribution in [0.5, 0.6) is 0 Å². The van der Waals surface area contributed by atoms with Crippen LogP contribution in [0, 0.1) is 10.1 Å². The number of rotatable bonds is 3. The highest BCUT2D eigenvalue weighted by molar-refractivity contribution is 6.05. The second-order valence-electron chi connectivity index (χ2n) is 4.24. The van der Waals surface area contributed by atoms with Gasteiger partial charge < -0.3 is 15.2 Å². The van der Waals surface area contributed by atoms with E-state index in [9.17, 15) is 20.0 Å². The van der Waals surface area contributed by atoms with Crippen molar-refractivity contribution in [2.45, 2.75) is 0 Å². The Morgan fingerprint density at radius 3 is 2.57 bits per heavy atom. The van der Waals surface area contributed by atoms with Crippen molar-refractivity contribution in [3.8, 4) is 5.82 Å². The molecular weight excluding hydrogens is 276 g/mol. The van der Waals surface area contributed by atoms with Crippen LogP contribution >= 0.6 is 0 Å². The maximum Gasteiger partial charge on any atom is 0.381 e. The molecular formula is C13H8N4O4. The molecule has 2 heterocycles. The van der Waals surface area contributed by atoms with Gasteiger partial charge in [-0.2, -0.15) is 0 Å². The molecule has 8 heteroatoms. The highest BCUT2D eigenvalue weighted by atomic mass is 16.6. The van der Waals surface area contributed by atoms with Gasteiger partial charge in [-0.3, -0.25) is 4.57 Å². The molecule has 3 aromatic rings. The first kappa shape index (κ1) is 12.7. The minimum atomic E-state index is -1.08. The summed E-state index contributed by atoms with van der Waals surface area (Å²) >= 11 is 0. The molecule has 0 radical (unpaired) electrons. The maximum atomic E-state index is 11.2. The Morgan fingerprint density at radius 1 is 1.24 bits per heavy atom. The van der Waals surface area contributed by atoms with Crippen molar-refractivity contribution in [2.24, 2.45) is 0 Å². The zero-order valence-electron chi connectivity index (χ0n) is 10.5. The van der Waals surface area contributed by atoms with E-state index < -0.39 is 10.9 Å². The zero-order valence-corrected chi connectivity index (χ0v) is 10.5. The molecule has 0 bridgehead atoms. The van der Waals surface area contributed by atoms with Crippen LogP contribution < -0.4 is 0 Å². The average Bonchev–Trinajstić information content (AvgIpc) is 2.95. The second-order valence-corrected chi connectivity index (χ2v) is 4.24. The van der Waals surface area contributed by atoms with Gasteiger partial charge in [0.2, 0.25) is 6.33 Å². The van der Waals surface area contributed by atoms with Crippen molar-refractivity contribution in [3.05, 3.63) is 58.7 Å². The molecule has 1 aromatic carbocycles.